The number of likely N-dealkylation sites (tertiary alicyclic amines) is 1. The van der Waals surface area contributed by atoms with Gasteiger partial charge in [-0.3, -0.25) is 4.90 Å². The Hall–Kier alpha value is -2.51. The summed E-state index contributed by atoms with van der Waals surface area (Å²) in [5.41, 5.74) is 1.30. The van der Waals surface area contributed by atoms with E-state index >= 15 is 0 Å². The summed E-state index contributed by atoms with van der Waals surface area (Å²) in [5.74, 6) is 0. The largest absolute Gasteiger partial charge is 0.387 e. The number of aliphatic hydroxyl groups is 1. The van der Waals surface area contributed by atoms with Crippen molar-refractivity contribution in [2.24, 2.45) is 0 Å². The normalized spacial score (nSPS) is 21.4. The summed E-state index contributed by atoms with van der Waals surface area (Å²) in [4.78, 5) is 2.23. The summed E-state index contributed by atoms with van der Waals surface area (Å²) in [6, 6.07) is 12.1. The number of para-hydroxylation sites is 1. The van der Waals surface area contributed by atoms with Gasteiger partial charge in [0.2, 0.25) is 0 Å². The summed E-state index contributed by atoms with van der Waals surface area (Å²) >= 11 is 0. The molecule has 7 nitrogen and oxygen atoms in total. The predicted octanol–water partition coefficient (Wildman–Crippen LogP) is 1.10. The predicted molar refractivity (Wildman–Crippen MR) is 88.4 cm³/mol. The van der Waals surface area contributed by atoms with E-state index in [4.69, 9.17) is 0 Å². The van der Waals surface area contributed by atoms with Gasteiger partial charge in [0.15, 0.2) is 0 Å². The molecule has 2 aromatic heterocycles. The van der Waals surface area contributed by atoms with E-state index in [0.717, 1.165) is 30.9 Å². The lowest BCUT2D eigenvalue weighted by molar-refractivity contribution is 0.0273. The van der Waals surface area contributed by atoms with Crippen molar-refractivity contribution in [3.05, 3.63) is 60.7 Å². The van der Waals surface area contributed by atoms with Crippen LogP contribution in [0.2, 0.25) is 0 Å². The highest BCUT2D eigenvalue weighted by Gasteiger charge is 2.36. The van der Waals surface area contributed by atoms with E-state index in [0.29, 0.717) is 13.1 Å². The van der Waals surface area contributed by atoms with E-state index in [2.05, 4.69) is 20.3 Å². The molecule has 7 heteroatoms. The summed E-state index contributed by atoms with van der Waals surface area (Å²) in [6.07, 6.45) is 6.11. The molecule has 0 amide bonds. The molecule has 1 N–H and O–H groups in total. The average molecular weight is 324 g/mol. The number of hydrogen-bond acceptors (Lipinski definition) is 5. The minimum atomic E-state index is -0.754. The number of hydrogen-bond donors (Lipinski definition) is 1. The second-order valence-corrected chi connectivity index (χ2v) is 6.37. The zero-order chi connectivity index (χ0) is 16.4. The first-order valence-electron chi connectivity index (χ1n) is 8.09. The highest BCUT2D eigenvalue weighted by Crippen LogP contribution is 2.24. The fourth-order valence-corrected chi connectivity index (χ4v) is 3.22. The quantitative estimate of drug-likeness (QED) is 0.761. The lowest BCUT2D eigenvalue weighted by Gasteiger charge is -2.22. The Kier molecular flexibility index (Phi) is 3.87. The molecule has 0 saturated carbocycles. The fourth-order valence-electron chi connectivity index (χ4n) is 3.22. The van der Waals surface area contributed by atoms with Crippen LogP contribution in [-0.4, -0.2) is 53.5 Å². The molecule has 0 radical (unpaired) electrons. The van der Waals surface area contributed by atoms with Crippen molar-refractivity contribution in [2.45, 2.75) is 25.1 Å². The van der Waals surface area contributed by atoms with Gasteiger partial charge < -0.3 is 5.11 Å². The molecule has 3 heterocycles. The maximum Gasteiger partial charge on any atom is 0.0981 e. The average Bonchev–Trinajstić information content (AvgIpc) is 3.32. The molecule has 0 aliphatic carbocycles. The van der Waals surface area contributed by atoms with Crippen LogP contribution in [0.4, 0.5) is 0 Å². The fraction of sp³-hybridized carbons (Fsp3) is 0.353. The van der Waals surface area contributed by atoms with E-state index in [9.17, 15) is 5.11 Å². The summed E-state index contributed by atoms with van der Waals surface area (Å²) in [6.45, 7) is 2.68. The van der Waals surface area contributed by atoms with Gasteiger partial charge in [-0.15, -0.1) is 5.10 Å². The van der Waals surface area contributed by atoms with E-state index in [1.807, 2.05) is 47.3 Å². The van der Waals surface area contributed by atoms with Crippen molar-refractivity contribution < 1.29 is 5.11 Å². The molecule has 0 bridgehead atoms. The van der Waals surface area contributed by atoms with Crippen LogP contribution < -0.4 is 0 Å². The molecular formula is C17H20N6O. The van der Waals surface area contributed by atoms with Crippen LogP contribution in [0.1, 0.15) is 12.1 Å². The van der Waals surface area contributed by atoms with Crippen molar-refractivity contribution in [3.63, 3.8) is 0 Å². The van der Waals surface area contributed by atoms with Gasteiger partial charge in [0.1, 0.15) is 0 Å². The van der Waals surface area contributed by atoms with Crippen molar-refractivity contribution >= 4 is 0 Å². The summed E-state index contributed by atoms with van der Waals surface area (Å²) in [5, 5.41) is 23.1. The topological polar surface area (TPSA) is 72.0 Å². The van der Waals surface area contributed by atoms with E-state index < -0.39 is 5.60 Å². The molecule has 124 valence electrons. The van der Waals surface area contributed by atoms with Crippen molar-refractivity contribution in [3.8, 4) is 5.69 Å². The van der Waals surface area contributed by atoms with Gasteiger partial charge in [-0.25, -0.2) is 9.36 Å². The first kappa shape index (κ1) is 15.0. The van der Waals surface area contributed by atoms with Crippen LogP contribution in [0.15, 0.2) is 55.0 Å². The zero-order valence-electron chi connectivity index (χ0n) is 13.4. The van der Waals surface area contributed by atoms with Gasteiger partial charge >= 0.3 is 0 Å². The van der Waals surface area contributed by atoms with Crippen LogP contribution in [0.25, 0.3) is 5.69 Å². The maximum atomic E-state index is 10.7. The highest BCUT2D eigenvalue weighted by atomic mass is 16.3. The number of aromatic nitrogens is 5. The highest BCUT2D eigenvalue weighted by molar-refractivity contribution is 5.30. The first-order valence-corrected chi connectivity index (χ1v) is 8.09. The smallest absolute Gasteiger partial charge is 0.0981 e. The summed E-state index contributed by atoms with van der Waals surface area (Å²) < 4.78 is 3.57. The third kappa shape index (κ3) is 3.22. The molecule has 0 spiro atoms. The second-order valence-electron chi connectivity index (χ2n) is 6.37. The second kappa shape index (κ2) is 6.18. The molecular weight excluding hydrogens is 304 g/mol. The van der Waals surface area contributed by atoms with E-state index in [1.165, 1.54) is 0 Å². The van der Waals surface area contributed by atoms with E-state index in [-0.39, 0.29) is 0 Å². The molecule has 1 aromatic carbocycles. The van der Waals surface area contributed by atoms with Gasteiger partial charge in [-0.1, -0.05) is 23.4 Å². The van der Waals surface area contributed by atoms with Crippen LogP contribution in [0, 0.1) is 0 Å². The van der Waals surface area contributed by atoms with Crippen molar-refractivity contribution in [1.82, 2.24) is 29.7 Å². The Morgan fingerprint density at radius 2 is 2.00 bits per heavy atom. The maximum absolute atomic E-state index is 10.7. The monoisotopic (exact) mass is 324 g/mol. The van der Waals surface area contributed by atoms with Crippen molar-refractivity contribution in [1.29, 1.82) is 0 Å². The van der Waals surface area contributed by atoms with Crippen molar-refractivity contribution in [2.75, 3.05) is 13.1 Å². The molecule has 3 aromatic rings. The molecule has 24 heavy (non-hydrogen) atoms. The number of nitrogens with zero attached hydrogens (tertiary/aromatic N) is 6. The van der Waals surface area contributed by atoms with Crippen LogP contribution >= 0.6 is 0 Å². The van der Waals surface area contributed by atoms with E-state index in [1.54, 1.807) is 17.1 Å². The minimum absolute atomic E-state index is 0.474. The van der Waals surface area contributed by atoms with Crippen LogP contribution in [0.3, 0.4) is 0 Å². The Bertz CT molecular complexity index is 785. The Labute approximate surface area is 140 Å². The zero-order valence-corrected chi connectivity index (χ0v) is 13.4. The Morgan fingerprint density at radius 1 is 1.12 bits per heavy atom. The molecule has 1 aliphatic rings. The van der Waals surface area contributed by atoms with Gasteiger partial charge in [0.25, 0.3) is 0 Å². The lowest BCUT2D eigenvalue weighted by Crippen LogP contribution is -2.37. The lowest BCUT2D eigenvalue weighted by atomic mass is 10.0. The molecule has 1 aliphatic heterocycles. The third-order valence-corrected chi connectivity index (χ3v) is 4.39. The summed E-state index contributed by atoms with van der Waals surface area (Å²) in [7, 11) is 0. The third-order valence-electron chi connectivity index (χ3n) is 4.39. The van der Waals surface area contributed by atoms with Crippen LogP contribution in [-0.2, 0) is 13.1 Å². The molecule has 1 unspecified atom stereocenters. The molecule has 1 saturated heterocycles. The molecule has 1 atom stereocenters. The molecule has 1 fully saturated rings. The number of benzene rings is 1. The number of β-amino-alcohol motifs (C(OH)–C–C–N with tert-alkyl or cyclic N) is 1. The number of rotatable bonds is 5. The van der Waals surface area contributed by atoms with Gasteiger partial charge in [-0.2, -0.15) is 5.10 Å². The standard InChI is InChI=1S/C17H20N6O/c24-17(14-22-11-8-18-20-22)7-10-21(13-17)12-15-6-9-23(19-15)16-4-2-1-3-5-16/h1-6,8-9,11,24H,7,10,12-14H2. The Balaban J connectivity index is 1.39. The minimum Gasteiger partial charge on any atom is -0.387 e. The van der Waals surface area contributed by atoms with Gasteiger partial charge in [0, 0.05) is 32.0 Å². The SMILES string of the molecule is OC1(Cn2ccnn2)CCN(Cc2ccn(-c3ccccc3)n2)C1. The van der Waals surface area contributed by atoms with Crippen LogP contribution in [0.5, 0.6) is 0 Å². The molecule has 4 rings (SSSR count). The first-order chi connectivity index (χ1) is 11.7. The van der Waals surface area contributed by atoms with Gasteiger partial charge in [-0.05, 0) is 24.6 Å². The Morgan fingerprint density at radius 3 is 2.79 bits per heavy atom. The van der Waals surface area contributed by atoms with Gasteiger partial charge in [0.05, 0.1) is 29.7 Å².